The van der Waals surface area contributed by atoms with E-state index in [2.05, 4.69) is 23.5 Å². The largest absolute Gasteiger partial charge is 0.573 e. The molecule has 0 N–H and O–H groups in total. The van der Waals surface area contributed by atoms with Gasteiger partial charge in [0.1, 0.15) is 5.75 Å². The maximum Gasteiger partial charge on any atom is 0.573 e. The number of hydrogen-bond acceptors (Lipinski definition) is 2. The average Bonchev–Trinajstić information content (AvgIpc) is 2.85. The molecule has 0 bridgehead atoms. The fourth-order valence-electron chi connectivity index (χ4n) is 3.63. The lowest BCUT2D eigenvalue weighted by atomic mass is 10.0. The van der Waals surface area contributed by atoms with Gasteiger partial charge < -0.3 is 9.64 Å². The van der Waals surface area contributed by atoms with E-state index in [-0.39, 0.29) is 5.75 Å². The lowest BCUT2D eigenvalue weighted by Crippen LogP contribution is -2.25. The Morgan fingerprint density at radius 3 is 2.10 bits per heavy atom. The Bertz CT molecular complexity index is 471. The molecule has 0 spiro atoms. The number of anilines is 1. The summed E-state index contributed by atoms with van der Waals surface area (Å²) in [5.74, 6) is 2.93. The molecule has 1 aromatic carbocycles. The fraction of sp³-hybridized carbons (Fsp3) is 0.600. The zero-order valence-electron chi connectivity index (χ0n) is 11.5. The van der Waals surface area contributed by atoms with Crippen molar-refractivity contribution in [1.29, 1.82) is 0 Å². The van der Waals surface area contributed by atoms with Crippen molar-refractivity contribution >= 4 is 5.69 Å². The number of alkyl halides is 3. The molecule has 3 rings (SSSR count). The maximum absolute atomic E-state index is 12.1. The molecule has 20 heavy (non-hydrogen) atoms. The van der Waals surface area contributed by atoms with Crippen LogP contribution in [-0.2, 0) is 0 Å². The van der Waals surface area contributed by atoms with Crippen LogP contribution in [0.3, 0.4) is 0 Å². The van der Waals surface area contributed by atoms with Crippen LogP contribution in [0.25, 0.3) is 0 Å². The highest BCUT2D eigenvalue weighted by molar-refractivity contribution is 5.51. The first-order chi connectivity index (χ1) is 9.35. The SMILES string of the molecule is CC(C)C1C2CN(c3ccc(OC(F)(F)F)cc3)CC21. The van der Waals surface area contributed by atoms with Gasteiger partial charge in [-0.3, -0.25) is 0 Å². The molecule has 1 aliphatic heterocycles. The van der Waals surface area contributed by atoms with Crippen molar-refractivity contribution in [3.05, 3.63) is 24.3 Å². The third kappa shape index (κ3) is 2.58. The molecule has 2 atom stereocenters. The molecular formula is C15H18F3NO. The van der Waals surface area contributed by atoms with Crippen LogP contribution in [0.5, 0.6) is 5.75 Å². The van der Waals surface area contributed by atoms with E-state index >= 15 is 0 Å². The molecule has 5 heteroatoms. The van der Waals surface area contributed by atoms with Gasteiger partial charge in [-0.15, -0.1) is 13.2 Å². The molecule has 1 saturated heterocycles. The number of nitrogens with zero attached hydrogens (tertiary/aromatic N) is 1. The summed E-state index contributed by atoms with van der Waals surface area (Å²) in [5.41, 5.74) is 0.981. The lowest BCUT2D eigenvalue weighted by molar-refractivity contribution is -0.274. The van der Waals surface area contributed by atoms with Crippen molar-refractivity contribution in [2.75, 3.05) is 18.0 Å². The Labute approximate surface area is 116 Å². The van der Waals surface area contributed by atoms with Crippen LogP contribution in [0.2, 0.25) is 0 Å². The van der Waals surface area contributed by atoms with Crippen LogP contribution >= 0.6 is 0 Å². The molecule has 1 aromatic rings. The van der Waals surface area contributed by atoms with Crippen LogP contribution in [0.15, 0.2) is 24.3 Å². The van der Waals surface area contributed by atoms with Gasteiger partial charge in [-0.2, -0.15) is 0 Å². The zero-order valence-corrected chi connectivity index (χ0v) is 11.5. The lowest BCUT2D eigenvalue weighted by Gasteiger charge is -2.23. The van der Waals surface area contributed by atoms with Gasteiger partial charge in [0.15, 0.2) is 0 Å². The van der Waals surface area contributed by atoms with Gasteiger partial charge in [0.25, 0.3) is 0 Å². The number of halogens is 3. The fourth-order valence-corrected chi connectivity index (χ4v) is 3.63. The van der Waals surface area contributed by atoms with Crippen LogP contribution in [0.4, 0.5) is 18.9 Å². The minimum Gasteiger partial charge on any atom is -0.406 e. The van der Waals surface area contributed by atoms with E-state index < -0.39 is 6.36 Å². The van der Waals surface area contributed by atoms with E-state index in [1.807, 2.05) is 0 Å². The van der Waals surface area contributed by atoms with Gasteiger partial charge in [0.2, 0.25) is 0 Å². The third-order valence-electron chi connectivity index (χ3n) is 4.47. The van der Waals surface area contributed by atoms with Crippen LogP contribution < -0.4 is 9.64 Å². The van der Waals surface area contributed by atoms with E-state index in [1.165, 1.54) is 12.1 Å². The summed E-state index contributed by atoms with van der Waals surface area (Å²) >= 11 is 0. The van der Waals surface area contributed by atoms with E-state index in [0.29, 0.717) is 0 Å². The Morgan fingerprint density at radius 2 is 1.65 bits per heavy atom. The summed E-state index contributed by atoms with van der Waals surface area (Å²) in [4.78, 5) is 2.26. The van der Waals surface area contributed by atoms with Gasteiger partial charge in [-0.1, -0.05) is 13.8 Å². The van der Waals surface area contributed by atoms with Gasteiger partial charge in [0.05, 0.1) is 0 Å². The van der Waals surface area contributed by atoms with Gasteiger partial charge in [0, 0.05) is 18.8 Å². The summed E-state index contributed by atoms with van der Waals surface area (Å²) in [6.07, 6.45) is -4.62. The van der Waals surface area contributed by atoms with Gasteiger partial charge in [-0.25, -0.2) is 0 Å². The van der Waals surface area contributed by atoms with Crippen molar-refractivity contribution < 1.29 is 17.9 Å². The van der Waals surface area contributed by atoms with Gasteiger partial charge >= 0.3 is 6.36 Å². The number of rotatable bonds is 3. The minimum atomic E-state index is -4.62. The number of piperidine rings is 1. The predicted octanol–water partition coefficient (Wildman–Crippen LogP) is 3.92. The second kappa shape index (κ2) is 4.57. The molecule has 2 aliphatic rings. The van der Waals surface area contributed by atoms with Gasteiger partial charge in [-0.05, 0) is 47.9 Å². The normalized spacial score (nSPS) is 28.7. The van der Waals surface area contributed by atoms with Crippen LogP contribution in [0, 0.1) is 23.7 Å². The van der Waals surface area contributed by atoms with Crippen LogP contribution in [-0.4, -0.2) is 19.5 Å². The van der Waals surface area contributed by atoms with Crippen molar-refractivity contribution in [3.63, 3.8) is 0 Å². The molecule has 1 heterocycles. The summed E-state index contributed by atoms with van der Waals surface area (Å²) in [5, 5.41) is 0. The number of benzene rings is 1. The molecule has 2 nitrogen and oxygen atoms in total. The first-order valence-electron chi connectivity index (χ1n) is 6.96. The van der Waals surface area contributed by atoms with E-state index in [1.54, 1.807) is 12.1 Å². The maximum atomic E-state index is 12.1. The standard InChI is InChI=1S/C15H18F3NO/c1-9(2)14-12-7-19(8-13(12)14)10-3-5-11(6-4-10)20-15(16,17)18/h3-6,9,12-14H,7-8H2,1-2H3. The smallest absolute Gasteiger partial charge is 0.406 e. The summed E-state index contributed by atoms with van der Waals surface area (Å²) in [7, 11) is 0. The first kappa shape index (κ1) is 13.6. The van der Waals surface area contributed by atoms with Crippen molar-refractivity contribution in [2.24, 2.45) is 23.7 Å². The molecule has 0 radical (unpaired) electrons. The van der Waals surface area contributed by atoms with Crippen LogP contribution in [0.1, 0.15) is 13.8 Å². The highest BCUT2D eigenvalue weighted by Gasteiger charge is 2.56. The van der Waals surface area contributed by atoms with Crippen molar-refractivity contribution in [2.45, 2.75) is 20.2 Å². The third-order valence-corrected chi connectivity index (χ3v) is 4.47. The molecular weight excluding hydrogens is 267 g/mol. The number of fused-ring (bicyclic) bond motifs is 1. The quantitative estimate of drug-likeness (QED) is 0.834. The summed E-state index contributed by atoms with van der Waals surface area (Å²) in [6.45, 7) is 6.56. The molecule has 2 unspecified atom stereocenters. The second-order valence-corrected chi connectivity index (χ2v) is 6.10. The molecule has 1 saturated carbocycles. The van der Waals surface area contributed by atoms with Crippen molar-refractivity contribution in [1.82, 2.24) is 0 Å². The predicted molar refractivity (Wildman–Crippen MR) is 70.6 cm³/mol. The monoisotopic (exact) mass is 285 g/mol. The minimum absolute atomic E-state index is 0.161. The Balaban J connectivity index is 1.60. The molecule has 110 valence electrons. The Kier molecular flexibility index (Phi) is 3.10. The number of hydrogen-bond donors (Lipinski definition) is 0. The highest BCUT2D eigenvalue weighted by Crippen LogP contribution is 2.56. The summed E-state index contributed by atoms with van der Waals surface area (Å²) in [6, 6.07) is 6.17. The molecule has 2 fully saturated rings. The van der Waals surface area contributed by atoms with E-state index in [9.17, 15) is 13.2 Å². The molecule has 1 aliphatic carbocycles. The number of ether oxygens (including phenoxy) is 1. The molecule has 0 amide bonds. The zero-order chi connectivity index (χ0) is 14.5. The topological polar surface area (TPSA) is 12.5 Å². The Hall–Kier alpha value is -1.39. The highest BCUT2D eigenvalue weighted by atomic mass is 19.4. The van der Waals surface area contributed by atoms with E-state index in [0.717, 1.165) is 42.4 Å². The molecule has 0 aromatic heterocycles. The Morgan fingerprint density at radius 1 is 1.10 bits per heavy atom. The second-order valence-electron chi connectivity index (χ2n) is 6.10. The van der Waals surface area contributed by atoms with Crippen molar-refractivity contribution in [3.8, 4) is 5.75 Å². The van der Waals surface area contributed by atoms with E-state index in [4.69, 9.17) is 0 Å². The summed E-state index contributed by atoms with van der Waals surface area (Å²) < 4.78 is 40.1. The first-order valence-corrected chi connectivity index (χ1v) is 6.96. The average molecular weight is 285 g/mol.